The number of hydrogen-bond donors (Lipinski definition) is 2. The molecule has 0 bridgehead atoms. The second-order valence-electron chi connectivity index (χ2n) is 9.66. The molecule has 0 radical (unpaired) electrons. The molecule has 1 aliphatic heterocycles. The van der Waals surface area contributed by atoms with E-state index >= 15 is 0 Å². The molecular weight excluding hydrogens is 470 g/mol. The fourth-order valence-corrected chi connectivity index (χ4v) is 5.78. The molecule has 0 unspecified atom stereocenters. The lowest BCUT2D eigenvalue weighted by molar-refractivity contribution is -0.119. The number of rotatable bonds is 7. The molecule has 3 aromatic rings. The predicted molar refractivity (Wildman–Crippen MR) is 146 cm³/mol. The topological polar surface area (TPSA) is 71.4 Å². The lowest BCUT2D eigenvalue weighted by atomic mass is 9.95. The zero-order valence-electron chi connectivity index (χ0n) is 20.8. The van der Waals surface area contributed by atoms with E-state index < -0.39 is 0 Å². The molecule has 3 heterocycles. The smallest absolute Gasteiger partial charge is 0.250 e. The van der Waals surface area contributed by atoms with Gasteiger partial charge in [0.1, 0.15) is 6.61 Å². The SMILES string of the molecule is COCC(=O)Nc1ccc(N2C(=S)N[C@H](c3ccccn3)[C@@H]2c2ccn(C3CCCCC3)c2)cc1C. The van der Waals surface area contributed by atoms with E-state index in [0.717, 1.165) is 22.6 Å². The Kier molecular flexibility index (Phi) is 7.34. The summed E-state index contributed by atoms with van der Waals surface area (Å²) in [6.07, 6.45) is 12.7. The molecule has 5 rings (SSSR count). The van der Waals surface area contributed by atoms with Gasteiger partial charge < -0.3 is 24.8 Å². The summed E-state index contributed by atoms with van der Waals surface area (Å²) in [7, 11) is 1.51. The minimum Gasteiger partial charge on any atom is -0.375 e. The van der Waals surface area contributed by atoms with E-state index in [1.165, 1.54) is 44.8 Å². The quantitative estimate of drug-likeness (QED) is 0.417. The second kappa shape index (κ2) is 10.8. The van der Waals surface area contributed by atoms with E-state index in [1.807, 2.05) is 37.4 Å². The van der Waals surface area contributed by atoms with Crippen molar-refractivity contribution in [1.29, 1.82) is 0 Å². The lowest BCUT2D eigenvalue weighted by Gasteiger charge is -2.28. The van der Waals surface area contributed by atoms with Gasteiger partial charge in [-0.2, -0.15) is 0 Å². The van der Waals surface area contributed by atoms with Crippen LogP contribution >= 0.6 is 12.2 Å². The second-order valence-corrected chi connectivity index (χ2v) is 10.0. The molecule has 1 aromatic carbocycles. The highest BCUT2D eigenvalue weighted by Gasteiger charge is 2.41. The molecule has 2 fully saturated rings. The van der Waals surface area contributed by atoms with Gasteiger partial charge in [-0.25, -0.2) is 0 Å². The molecule has 2 N–H and O–H groups in total. The third-order valence-electron chi connectivity index (χ3n) is 7.21. The number of aromatic nitrogens is 2. The van der Waals surface area contributed by atoms with Gasteiger partial charge in [-0.1, -0.05) is 25.3 Å². The van der Waals surface area contributed by atoms with Crippen LogP contribution in [-0.2, 0) is 9.53 Å². The van der Waals surface area contributed by atoms with Gasteiger partial charge in [-0.05, 0) is 79.5 Å². The minimum atomic E-state index is -0.177. The normalized spacial score (nSPS) is 20.4. The lowest BCUT2D eigenvalue weighted by Crippen LogP contribution is -2.29. The summed E-state index contributed by atoms with van der Waals surface area (Å²) in [6, 6.07) is 14.7. The number of carbonyl (C=O) groups is 1. The van der Waals surface area contributed by atoms with Crippen molar-refractivity contribution in [2.75, 3.05) is 23.9 Å². The maximum absolute atomic E-state index is 12.0. The summed E-state index contributed by atoms with van der Waals surface area (Å²) in [6.45, 7) is 2.01. The Balaban J connectivity index is 1.50. The number of carbonyl (C=O) groups excluding carboxylic acids is 1. The van der Waals surface area contributed by atoms with Crippen molar-refractivity contribution in [3.63, 3.8) is 0 Å². The average molecular weight is 504 g/mol. The molecule has 36 heavy (non-hydrogen) atoms. The Bertz CT molecular complexity index is 1220. The summed E-state index contributed by atoms with van der Waals surface area (Å²) in [5, 5.41) is 7.12. The Morgan fingerprint density at radius 2 is 2.03 bits per heavy atom. The van der Waals surface area contributed by atoms with Crippen LogP contribution in [-0.4, -0.2) is 34.3 Å². The van der Waals surface area contributed by atoms with Gasteiger partial charge >= 0.3 is 0 Å². The van der Waals surface area contributed by atoms with Crippen molar-refractivity contribution in [3.8, 4) is 0 Å². The van der Waals surface area contributed by atoms with Gasteiger partial charge in [-0.15, -0.1) is 0 Å². The summed E-state index contributed by atoms with van der Waals surface area (Å²) in [4.78, 5) is 18.9. The molecule has 1 aliphatic carbocycles. The number of amides is 1. The van der Waals surface area contributed by atoms with Crippen LogP contribution in [0.2, 0.25) is 0 Å². The highest BCUT2D eigenvalue weighted by atomic mass is 32.1. The molecule has 1 saturated carbocycles. The first kappa shape index (κ1) is 24.5. The van der Waals surface area contributed by atoms with Crippen LogP contribution in [0.25, 0.3) is 0 Å². The first-order chi connectivity index (χ1) is 17.5. The zero-order valence-corrected chi connectivity index (χ0v) is 21.6. The Hall–Kier alpha value is -3.23. The van der Waals surface area contributed by atoms with E-state index in [2.05, 4.69) is 55.7 Å². The van der Waals surface area contributed by atoms with Crippen LogP contribution in [0.3, 0.4) is 0 Å². The predicted octanol–water partition coefficient (Wildman–Crippen LogP) is 5.46. The average Bonchev–Trinajstić information content (AvgIpc) is 3.51. The number of ether oxygens (including phenoxy) is 1. The number of nitrogens with zero attached hydrogens (tertiary/aromatic N) is 3. The Labute approximate surface area is 217 Å². The Morgan fingerprint density at radius 3 is 2.75 bits per heavy atom. The highest BCUT2D eigenvalue weighted by molar-refractivity contribution is 7.80. The molecular formula is C28H33N5O2S. The molecule has 2 aliphatic rings. The van der Waals surface area contributed by atoms with Gasteiger partial charge in [0.25, 0.3) is 0 Å². The fraction of sp³-hybridized carbons (Fsp3) is 0.393. The van der Waals surface area contributed by atoms with E-state index in [4.69, 9.17) is 17.0 Å². The van der Waals surface area contributed by atoms with Crippen LogP contribution in [0.4, 0.5) is 11.4 Å². The van der Waals surface area contributed by atoms with Crippen LogP contribution in [0, 0.1) is 6.92 Å². The van der Waals surface area contributed by atoms with Gasteiger partial charge in [0.15, 0.2) is 5.11 Å². The van der Waals surface area contributed by atoms with Crippen molar-refractivity contribution in [2.24, 2.45) is 0 Å². The van der Waals surface area contributed by atoms with E-state index in [9.17, 15) is 4.79 Å². The molecule has 1 amide bonds. The van der Waals surface area contributed by atoms with E-state index in [1.54, 1.807) is 0 Å². The number of aryl methyl sites for hydroxylation is 1. The summed E-state index contributed by atoms with van der Waals surface area (Å²) < 4.78 is 7.34. The van der Waals surface area contributed by atoms with Gasteiger partial charge in [0.2, 0.25) is 5.91 Å². The third-order valence-corrected chi connectivity index (χ3v) is 7.53. The first-order valence-corrected chi connectivity index (χ1v) is 13.0. The highest BCUT2D eigenvalue weighted by Crippen LogP contribution is 2.43. The van der Waals surface area contributed by atoms with E-state index in [0.29, 0.717) is 11.2 Å². The van der Waals surface area contributed by atoms with Crippen LogP contribution in [0.5, 0.6) is 0 Å². The van der Waals surface area contributed by atoms with Gasteiger partial charge in [0, 0.05) is 43.1 Å². The zero-order chi connectivity index (χ0) is 25.1. The summed E-state index contributed by atoms with van der Waals surface area (Å²) in [5.74, 6) is -0.177. The maximum atomic E-state index is 12.0. The standard InChI is InChI=1S/C28H33N5O2S/c1-19-16-22(11-12-23(19)30-25(34)18-35-2)33-27(26(31-28(33)36)24-10-6-7-14-29-24)20-13-15-32(17-20)21-8-4-3-5-9-21/h6-7,10-17,21,26-27H,3-5,8-9,18H2,1-2H3,(H,30,34)(H,31,36)/t26-,27+/m1/s1. The van der Waals surface area contributed by atoms with Crippen molar-refractivity contribution in [3.05, 3.63) is 77.9 Å². The number of nitrogens with one attached hydrogen (secondary N) is 2. The largest absolute Gasteiger partial charge is 0.375 e. The van der Waals surface area contributed by atoms with Crippen LogP contribution in [0.1, 0.15) is 67.1 Å². The molecule has 8 heteroatoms. The number of anilines is 2. The number of thiocarbonyl (C=S) groups is 1. The summed E-state index contributed by atoms with van der Waals surface area (Å²) >= 11 is 5.88. The van der Waals surface area contributed by atoms with Gasteiger partial charge in [0.05, 0.1) is 17.8 Å². The van der Waals surface area contributed by atoms with E-state index in [-0.39, 0.29) is 24.6 Å². The molecule has 2 aromatic heterocycles. The number of hydrogen-bond acceptors (Lipinski definition) is 4. The number of pyridine rings is 1. The van der Waals surface area contributed by atoms with Crippen molar-refractivity contribution < 1.29 is 9.53 Å². The molecule has 7 nitrogen and oxygen atoms in total. The number of methoxy groups -OCH3 is 1. The van der Waals surface area contributed by atoms with Crippen molar-refractivity contribution in [2.45, 2.75) is 57.2 Å². The third kappa shape index (κ3) is 5.01. The minimum absolute atomic E-state index is 0.0210. The van der Waals surface area contributed by atoms with Crippen molar-refractivity contribution in [1.82, 2.24) is 14.9 Å². The number of benzene rings is 1. The molecule has 2 atom stereocenters. The molecule has 188 valence electrons. The summed E-state index contributed by atoms with van der Waals surface area (Å²) in [5.41, 5.74) is 4.86. The molecule has 1 saturated heterocycles. The monoisotopic (exact) mass is 503 g/mol. The fourth-order valence-electron chi connectivity index (χ4n) is 5.44. The first-order valence-electron chi connectivity index (χ1n) is 12.6. The van der Waals surface area contributed by atoms with Crippen molar-refractivity contribution >= 4 is 34.6 Å². The van der Waals surface area contributed by atoms with Gasteiger partial charge in [-0.3, -0.25) is 9.78 Å². The van der Waals surface area contributed by atoms with Crippen LogP contribution in [0.15, 0.2) is 61.1 Å². The molecule has 0 spiro atoms. The maximum Gasteiger partial charge on any atom is 0.250 e. The van der Waals surface area contributed by atoms with Crippen LogP contribution < -0.4 is 15.5 Å². The Morgan fingerprint density at radius 1 is 1.19 bits per heavy atom.